The van der Waals surface area contributed by atoms with Crippen LogP contribution in [0, 0.1) is 0 Å². The molecule has 0 saturated carbocycles. The van der Waals surface area contributed by atoms with E-state index in [1.807, 2.05) is 0 Å². The van der Waals surface area contributed by atoms with Crippen molar-refractivity contribution < 1.29 is 26.0 Å². The molecule has 40 valence electrons. The summed E-state index contributed by atoms with van der Waals surface area (Å²) in [4.78, 5) is 8.33. The van der Waals surface area contributed by atoms with E-state index >= 15 is 0 Å². The van der Waals surface area contributed by atoms with Gasteiger partial charge in [0, 0.05) is 0 Å². The Labute approximate surface area is 142 Å². The number of carbonyl (C=O) groups excluding carboxylic acids is 1. The molecule has 0 aromatic heterocycles. The summed E-state index contributed by atoms with van der Waals surface area (Å²) in [6, 6.07) is 0. The van der Waals surface area contributed by atoms with Gasteiger partial charge in [-0.05, 0) is 6.16 Å². The summed E-state index contributed by atoms with van der Waals surface area (Å²) in [6.45, 7) is 0. The Hall–Kier alpha value is 2.97. The van der Waals surface area contributed by atoms with Gasteiger partial charge in [-0.25, -0.2) is 0 Å². The molecule has 0 atom stereocenters. The molecule has 0 unspecified atom stereocenters. The molecule has 1 N–H and O–H groups in total. The van der Waals surface area contributed by atoms with Crippen LogP contribution in [0.2, 0.25) is 0 Å². The summed E-state index contributed by atoms with van der Waals surface area (Å²) in [5.74, 6) is 0. The summed E-state index contributed by atoms with van der Waals surface area (Å²) < 4.78 is 0. The van der Waals surface area contributed by atoms with Crippen molar-refractivity contribution in [2.45, 2.75) is 0 Å². The second-order valence-electron chi connectivity index (χ2n) is 0.250. The van der Waals surface area contributed by atoms with Gasteiger partial charge in [-0.15, -0.1) is 0 Å². The Morgan fingerprint density at radius 1 is 1.00 bits per heavy atom. The first kappa shape index (κ1) is 40.4. The van der Waals surface area contributed by atoms with Crippen LogP contribution in [0.1, 0.15) is 0 Å². The molecule has 5 nitrogen and oxygen atoms in total. The van der Waals surface area contributed by atoms with Crippen molar-refractivity contribution in [2.24, 2.45) is 0 Å². The minimum absolute atomic E-state index is 0. The molecule has 0 radical (unpaired) electrons. The van der Waals surface area contributed by atoms with Gasteiger partial charge in [0.15, 0.2) is 0 Å². The van der Waals surface area contributed by atoms with E-state index in [9.17, 15) is 0 Å². The third-order valence-corrected chi connectivity index (χ3v) is 0. The fourth-order valence-corrected chi connectivity index (χ4v) is 0. The zero-order valence-electron chi connectivity index (χ0n) is 4.70. The number of hydrogen-bond donors (Lipinski definition) is 0. The van der Waals surface area contributed by atoms with Gasteiger partial charge in [-0.1, -0.05) is 0 Å². The number of carbonyl (C=O) groups is 1. The van der Waals surface area contributed by atoms with E-state index in [0.29, 0.717) is 0 Å². The topological polar surface area (TPSA) is 122 Å². The largest absolute Gasteiger partial charge is 2.00 e. The van der Waals surface area contributed by atoms with Crippen LogP contribution in [0.25, 0.3) is 0 Å². The quantitative estimate of drug-likeness (QED) is 0.382. The van der Waals surface area contributed by atoms with E-state index in [4.69, 9.17) is 15.0 Å². The number of carboxylic acid groups (broad SMARTS) is 2. The van der Waals surface area contributed by atoms with Crippen LogP contribution < -0.4 is 10.2 Å². The van der Waals surface area contributed by atoms with E-state index in [-0.39, 0.29) is 124 Å². The second kappa shape index (κ2) is 30.6. The van der Waals surface area contributed by atoms with Gasteiger partial charge >= 0.3 is 113 Å². The molecule has 0 heterocycles. The smallest absolute Gasteiger partial charge is 2.00 e. The SMILES string of the molecule is O=C([O-])[O-].[Ca+2].[Ca+2].[Ca+2].[O-2].[OH-]. The molecular formula is CHCa3O5+. The molecule has 0 spiro atoms. The van der Waals surface area contributed by atoms with Crippen molar-refractivity contribution in [2.75, 3.05) is 0 Å². The monoisotopic (exact) mass is 213 g/mol. The molecular weight excluding hydrogens is 212 g/mol. The molecule has 0 aromatic carbocycles. The van der Waals surface area contributed by atoms with Crippen molar-refractivity contribution in [3.8, 4) is 0 Å². The third-order valence-electron chi connectivity index (χ3n) is 0. The van der Waals surface area contributed by atoms with Crippen molar-refractivity contribution in [1.29, 1.82) is 0 Å². The van der Waals surface area contributed by atoms with Crippen molar-refractivity contribution in [1.82, 2.24) is 0 Å². The van der Waals surface area contributed by atoms with Crippen LogP contribution in [-0.2, 0) is 5.48 Å². The molecule has 8 heteroatoms. The fraction of sp³-hybridized carbons (Fsp3) is 0. The van der Waals surface area contributed by atoms with Crippen molar-refractivity contribution >= 4 is 119 Å². The van der Waals surface area contributed by atoms with Crippen LogP contribution >= 0.6 is 0 Å². The molecule has 0 bridgehead atoms. The standard InChI is InChI=1S/CH2O3.3Ca.H2O.O/c2-1(3)4;;;;;/h(H2,2,3,4);;;;1H2;/q;3*+2;;-2/p-3. The first-order valence-electron chi connectivity index (χ1n) is 0.612. The van der Waals surface area contributed by atoms with Gasteiger partial charge in [0.05, 0.1) is 0 Å². The molecule has 0 aliphatic carbocycles. The minimum atomic E-state index is -2.33. The Bertz CT molecular complexity index is 35.2. The molecule has 9 heavy (non-hydrogen) atoms. The fourth-order valence-electron chi connectivity index (χ4n) is 0. The van der Waals surface area contributed by atoms with E-state index in [2.05, 4.69) is 0 Å². The maximum atomic E-state index is 8.33. The average molecular weight is 213 g/mol. The Kier molecular flexibility index (Phi) is 137. The zero-order chi connectivity index (χ0) is 3.58. The molecule has 0 aliphatic rings. The molecule has 0 aromatic rings. The van der Waals surface area contributed by atoms with Gasteiger partial charge in [0.1, 0.15) is 0 Å². The van der Waals surface area contributed by atoms with Gasteiger partial charge in [0.2, 0.25) is 0 Å². The zero-order valence-corrected chi connectivity index (χ0v) is 11.3. The molecule has 0 saturated heterocycles. The summed E-state index contributed by atoms with van der Waals surface area (Å²) >= 11 is 0. The Morgan fingerprint density at radius 2 is 1.00 bits per heavy atom. The van der Waals surface area contributed by atoms with Crippen LogP contribution in [0.4, 0.5) is 4.79 Å². The first-order valence-corrected chi connectivity index (χ1v) is 0.612. The van der Waals surface area contributed by atoms with Crippen molar-refractivity contribution in [3.05, 3.63) is 0 Å². The van der Waals surface area contributed by atoms with E-state index in [1.54, 1.807) is 0 Å². The van der Waals surface area contributed by atoms with E-state index < -0.39 is 6.16 Å². The number of hydrogen-bond acceptors (Lipinski definition) is 4. The van der Waals surface area contributed by atoms with Crippen LogP contribution in [-0.4, -0.2) is 125 Å². The van der Waals surface area contributed by atoms with Crippen LogP contribution in [0.5, 0.6) is 0 Å². The Morgan fingerprint density at radius 3 is 1.00 bits per heavy atom. The van der Waals surface area contributed by atoms with Crippen LogP contribution in [0.3, 0.4) is 0 Å². The summed E-state index contributed by atoms with van der Waals surface area (Å²) in [5.41, 5.74) is 0. The van der Waals surface area contributed by atoms with E-state index in [0.717, 1.165) is 0 Å². The first-order chi connectivity index (χ1) is 1.73. The predicted octanol–water partition coefficient (Wildman–Crippen LogP) is -3.88. The van der Waals surface area contributed by atoms with Gasteiger partial charge in [-0.3, -0.25) is 0 Å². The second-order valence-corrected chi connectivity index (χ2v) is 0.250. The molecule has 0 aliphatic heterocycles. The molecule has 0 fully saturated rings. The van der Waals surface area contributed by atoms with Crippen molar-refractivity contribution in [3.63, 3.8) is 0 Å². The third kappa shape index (κ3) is 100. The van der Waals surface area contributed by atoms with Gasteiger partial charge in [0.25, 0.3) is 0 Å². The minimum Gasteiger partial charge on any atom is -2.00 e. The van der Waals surface area contributed by atoms with Gasteiger partial charge in [-0.2, -0.15) is 0 Å². The average Bonchev–Trinajstić information content (AvgIpc) is 0.811. The summed E-state index contributed by atoms with van der Waals surface area (Å²) in [6.07, 6.45) is -2.33. The normalized spacial score (nSPS) is 2.67. The Balaban J connectivity index is -0.00000000450. The maximum Gasteiger partial charge on any atom is 2.00 e. The molecule has 0 rings (SSSR count). The summed E-state index contributed by atoms with van der Waals surface area (Å²) in [5, 5.41) is 16.7. The maximum absolute atomic E-state index is 8.33. The number of rotatable bonds is 0. The predicted molar refractivity (Wildman–Crippen MR) is 25.3 cm³/mol. The van der Waals surface area contributed by atoms with Gasteiger partial charge < -0.3 is 26.0 Å². The molecule has 0 amide bonds. The summed E-state index contributed by atoms with van der Waals surface area (Å²) in [7, 11) is 0. The van der Waals surface area contributed by atoms with E-state index in [1.165, 1.54) is 0 Å². The van der Waals surface area contributed by atoms with Crippen LogP contribution in [0.15, 0.2) is 0 Å².